The van der Waals surface area contributed by atoms with Crippen molar-refractivity contribution >= 4 is 10.0 Å². The summed E-state index contributed by atoms with van der Waals surface area (Å²) >= 11 is 0. The third-order valence-corrected chi connectivity index (χ3v) is 4.05. The summed E-state index contributed by atoms with van der Waals surface area (Å²) in [6.07, 6.45) is 5.81. The Morgan fingerprint density at radius 2 is 1.81 bits per heavy atom. The van der Waals surface area contributed by atoms with Gasteiger partial charge in [0.05, 0.1) is 4.90 Å². The number of allylic oxidation sites excluding steroid dienone is 2. The van der Waals surface area contributed by atoms with E-state index in [1.807, 2.05) is 0 Å². The van der Waals surface area contributed by atoms with Gasteiger partial charge in [0.25, 0.3) is 10.0 Å². The molecular formula is C11H12N2O2S. The second-order valence-electron chi connectivity index (χ2n) is 3.37. The number of nitrogens with zero attached hydrogens (tertiary/aromatic N) is 1. The standard InChI is InChI=1S/C11H12N2O2S/c12-11-8-4-5-9-13(11)16(14,15)10-6-2-1-3-7-10/h1-9,11H,12H2. The highest BCUT2D eigenvalue weighted by Crippen LogP contribution is 2.18. The molecule has 0 amide bonds. The zero-order valence-electron chi connectivity index (χ0n) is 8.52. The average molecular weight is 236 g/mol. The number of sulfonamides is 1. The summed E-state index contributed by atoms with van der Waals surface area (Å²) < 4.78 is 25.5. The average Bonchev–Trinajstić information content (AvgIpc) is 2.30. The van der Waals surface area contributed by atoms with Gasteiger partial charge in [0.2, 0.25) is 0 Å². The van der Waals surface area contributed by atoms with E-state index in [1.165, 1.54) is 6.20 Å². The topological polar surface area (TPSA) is 63.4 Å². The van der Waals surface area contributed by atoms with Crippen molar-refractivity contribution in [3.8, 4) is 0 Å². The van der Waals surface area contributed by atoms with E-state index < -0.39 is 16.2 Å². The van der Waals surface area contributed by atoms with Gasteiger partial charge in [-0.1, -0.05) is 24.3 Å². The van der Waals surface area contributed by atoms with Gasteiger partial charge in [0.15, 0.2) is 0 Å². The van der Waals surface area contributed by atoms with Crippen molar-refractivity contribution in [1.29, 1.82) is 0 Å². The van der Waals surface area contributed by atoms with Crippen LogP contribution in [0.1, 0.15) is 0 Å². The quantitative estimate of drug-likeness (QED) is 0.834. The first-order valence-corrected chi connectivity index (χ1v) is 6.25. The highest BCUT2D eigenvalue weighted by atomic mass is 32.2. The molecule has 2 rings (SSSR count). The lowest BCUT2D eigenvalue weighted by atomic mass is 10.3. The first-order chi connectivity index (χ1) is 7.62. The fourth-order valence-electron chi connectivity index (χ4n) is 1.45. The molecule has 2 N–H and O–H groups in total. The Labute approximate surface area is 94.7 Å². The van der Waals surface area contributed by atoms with Crippen LogP contribution in [0.4, 0.5) is 0 Å². The molecule has 4 nitrogen and oxygen atoms in total. The largest absolute Gasteiger partial charge is 0.307 e. The minimum atomic E-state index is -3.54. The monoisotopic (exact) mass is 236 g/mol. The zero-order valence-corrected chi connectivity index (χ0v) is 9.34. The Morgan fingerprint density at radius 1 is 1.12 bits per heavy atom. The van der Waals surface area contributed by atoms with Gasteiger partial charge < -0.3 is 5.73 Å². The molecule has 0 saturated carbocycles. The minimum Gasteiger partial charge on any atom is -0.307 e. The molecule has 1 aliphatic rings. The van der Waals surface area contributed by atoms with Gasteiger partial charge in [-0.3, -0.25) is 4.31 Å². The Balaban J connectivity index is 2.41. The molecule has 1 aromatic rings. The normalized spacial score (nSPS) is 20.1. The van der Waals surface area contributed by atoms with Crippen molar-refractivity contribution in [1.82, 2.24) is 4.31 Å². The van der Waals surface area contributed by atoms with E-state index >= 15 is 0 Å². The maximum absolute atomic E-state index is 12.2. The lowest BCUT2D eigenvalue weighted by Crippen LogP contribution is -2.41. The number of hydrogen-bond acceptors (Lipinski definition) is 3. The van der Waals surface area contributed by atoms with Crippen LogP contribution in [0.25, 0.3) is 0 Å². The Hall–Kier alpha value is -1.59. The van der Waals surface area contributed by atoms with E-state index in [-0.39, 0.29) is 4.90 Å². The minimum absolute atomic E-state index is 0.241. The summed E-state index contributed by atoms with van der Waals surface area (Å²) in [5.41, 5.74) is 5.71. The Bertz CT molecular complexity index is 520. The number of hydrogen-bond donors (Lipinski definition) is 1. The highest BCUT2D eigenvalue weighted by Gasteiger charge is 2.25. The van der Waals surface area contributed by atoms with E-state index in [0.717, 1.165) is 4.31 Å². The third-order valence-electron chi connectivity index (χ3n) is 2.26. The number of benzene rings is 1. The summed E-state index contributed by atoms with van der Waals surface area (Å²) in [6, 6.07) is 8.23. The van der Waals surface area contributed by atoms with Crippen LogP contribution in [-0.2, 0) is 10.0 Å². The third kappa shape index (κ3) is 1.87. The van der Waals surface area contributed by atoms with Crippen LogP contribution in [-0.4, -0.2) is 18.9 Å². The van der Waals surface area contributed by atoms with E-state index in [1.54, 1.807) is 48.6 Å². The van der Waals surface area contributed by atoms with Gasteiger partial charge in [-0.15, -0.1) is 0 Å². The van der Waals surface area contributed by atoms with Gasteiger partial charge in [0, 0.05) is 6.20 Å². The first-order valence-electron chi connectivity index (χ1n) is 4.81. The second kappa shape index (κ2) is 4.11. The molecule has 1 aliphatic heterocycles. The van der Waals surface area contributed by atoms with Gasteiger partial charge in [-0.05, 0) is 24.3 Å². The van der Waals surface area contributed by atoms with Crippen molar-refractivity contribution < 1.29 is 8.42 Å². The number of nitrogens with two attached hydrogens (primary N) is 1. The lowest BCUT2D eigenvalue weighted by molar-refractivity contribution is 0.452. The summed E-state index contributed by atoms with van der Waals surface area (Å²) in [5, 5.41) is 0. The summed E-state index contributed by atoms with van der Waals surface area (Å²) in [4.78, 5) is 0.241. The molecular weight excluding hydrogens is 224 g/mol. The fourth-order valence-corrected chi connectivity index (χ4v) is 2.82. The number of rotatable bonds is 2. The molecule has 1 heterocycles. The van der Waals surface area contributed by atoms with Gasteiger partial charge >= 0.3 is 0 Å². The fraction of sp³-hybridized carbons (Fsp3) is 0.0909. The van der Waals surface area contributed by atoms with Crippen LogP contribution in [0, 0.1) is 0 Å². The van der Waals surface area contributed by atoms with E-state index in [4.69, 9.17) is 5.73 Å². The highest BCUT2D eigenvalue weighted by molar-refractivity contribution is 7.89. The molecule has 1 atom stereocenters. The SMILES string of the molecule is NC1C=CC=CN1S(=O)(=O)c1ccccc1. The molecule has 5 heteroatoms. The molecule has 1 unspecified atom stereocenters. The van der Waals surface area contributed by atoms with Crippen molar-refractivity contribution in [3.05, 3.63) is 54.8 Å². The maximum Gasteiger partial charge on any atom is 0.265 e. The molecule has 84 valence electrons. The first kappa shape index (κ1) is 10.9. The van der Waals surface area contributed by atoms with Crippen LogP contribution in [0.3, 0.4) is 0 Å². The zero-order chi connectivity index (χ0) is 11.6. The Kier molecular flexibility index (Phi) is 2.80. The second-order valence-corrected chi connectivity index (χ2v) is 5.21. The van der Waals surface area contributed by atoms with Gasteiger partial charge in [0.1, 0.15) is 6.17 Å². The molecule has 0 spiro atoms. The van der Waals surface area contributed by atoms with Crippen molar-refractivity contribution in [2.75, 3.05) is 0 Å². The molecule has 1 aromatic carbocycles. The molecule has 0 saturated heterocycles. The molecule has 0 aromatic heterocycles. The maximum atomic E-state index is 12.2. The van der Waals surface area contributed by atoms with Gasteiger partial charge in [-0.25, -0.2) is 8.42 Å². The van der Waals surface area contributed by atoms with Crippen LogP contribution in [0.15, 0.2) is 59.7 Å². The van der Waals surface area contributed by atoms with E-state index in [2.05, 4.69) is 0 Å². The molecule has 0 aliphatic carbocycles. The molecule has 0 bridgehead atoms. The van der Waals surface area contributed by atoms with E-state index in [0.29, 0.717) is 0 Å². The van der Waals surface area contributed by atoms with Crippen molar-refractivity contribution in [2.24, 2.45) is 5.73 Å². The van der Waals surface area contributed by atoms with Crippen LogP contribution >= 0.6 is 0 Å². The lowest BCUT2D eigenvalue weighted by Gasteiger charge is -2.26. The molecule has 0 radical (unpaired) electrons. The van der Waals surface area contributed by atoms with Gasteiger partial charge in [-0.2, -0.15) is 0 Å². The molecule has 0 fully saturated rings. The summed E-state index contributed by atoms with van der Waals surface area (Å²) in [5.74, 6) is 0. The van der Waals surface area contributed by atoms with Crippen molar-refractivity contribution in [3.63, 3.8) is 0 Å². The van der Waals surface area contributed by atoms with Crippen molar-refractivity contribution in [2.45, 2.75) is 11.1 Å². The Morgan fingerprint density at radius 3 is 2.44 bits per heavy atom. The molecule has 16 heavy (non-hydrogen) atoms. The predicted molar refractivity (Wildman–Crippen MR) is 61.7 cm³/mol. The summed E-state index contributed by atoms with van der Waals surface area (Å²) in [7, 11) is -3.54. The van der Waals surface area contributed by atoms with Crippen LogP contribution < -0.4 is 5.73 Å². The summed E-state index contributed by atoms with van der Waals surface area (Å²) in [6.45, 7) is 0. The smallest absolute Gasteiger partial charge is 0.265 e. The predicted octanol–water partition coefficient (Wildman–Crippen LogP) is 1.05. The van der Waals surface area contributed by atoms with Crippen LogP contribution in [0.5, 0.6) is 0 Å². The van der Waals surface area contributed by atoms with E-state index in [9.17, 15) is 8.42 Å². The van der Waals surface area contributed by atoms with Crippen LogP contribution in [0.2, 0.25) is 0 Å².